The van der Waals surface area contributed by atoms with Gasteiger partial charge >= 0.3 is 0 Å². The van der Waals surface area contributed by atoms with Gasteiger partial charge in [-0.1, -0.05) is 5.16 Å². The fourth-order valence-corrected chi connectivity index (χ4v) is 1.70. The minimum atomic E-state index is 0.493. The molecule has 0 bridgehead atoms. The molecular weight excluding hydrogens is 230 g/mol. The Morgan fingerprint density at radius 1 is 1.17 bits per heavy atom. The van der Waals surface area contributed by atoms with Crippen LogP contribution in [0.2, 0.25) is 0 Å². The van der Waals surface area contributed by atoms with Gasteiger partial charge in [-0.05, 0) is 25.2 Å². The molecule has 18 heavy (non-hydrogen) atoms. The zero-order chi connectivity index (χ0) is 12.4. The monoisotopic (exact) mass is 241 g/mol. The van der Waals surface area contributed by atoms with Crippen LogP contribution in [-0.4, -0.2) is 27.2 Å². The van der Waals surface area contributed by atoms with Crippen molar-refractivity contribution in [2.75, 3.05) is 7.05 Å². The summed E-state index contributed by atoms with van der Waals surface area (Å²) >= 11 is 0. The van der Waals surface area contributed by atoms with Crippen LogP contribution < -0.4 is 5.32 Å². The number of fused-ring (bicyclic) bond motifs is 1. The number of hydrogen-bond acceptors (Lipinski definition) is 6. The van der Waals surface area contributed by atoms with E-state index in [1.165, 1.54) is 0 Å². The summed E-state index contributed by atoms with van der Waals surface area (Å²) in [7, 11) is 1.83. The van der Waals surface area contributed by atoms with E-state index in [1.54, 1.807) is 12.4 Å². The minimum absolute atomic E-state index is 0.493. The Morgan fingerprint density at radius 2 is 2.00 bits per heavy atom. The van der Waals surface area contributed by atoms with Crippen LogP contribution in [0.25, 0.3) is 22.5 Å². The summed E-state index contributed by atoms with van der Waals surface area (Å²) in [5, 5.41) is 6.85. The summed E-state index contributed by atoms with van der Waals surface area (Å²) < 4.78 is 5.20. The van der Waals surface area contributed by atoms with Crippen LogP contribution in [-0.2, 0) is 6.54 Å². The maximum atomic E-state index is 5.20. The summed E-state index contributed by atoms with van der Waals surface area (Å²) in [4.78, 5) is 12.7. The maximum Gasteiger partial charge on any atom is 0.258 e. The first-order chi connectivity index (χ1) is 8.86. The molecule has 0 saturated heterocycles. The van der Waals surface area contributed by atoms with Crippen LogP contribution in [0.3, 0.4) is 0 Å². The van der Waals surface area contributed by atoms with Gasteiger partial charge in [-0.25, -0.2) is 0 Å². The highest BCUT2D eigenvalue weighted by molar-refractivity contribution is 5.79. The van der Waals surface area contributed by atoms with E-state index in [0.29, 0.717) is 18.3 Å². The first-order valence-corrected chi connectivity index (χ1v) is 5.55. The van der Waals surface area contributed by atoms with E-state index in [2.05, 4.69) is 25.4 Å². The molecule has 0 aliphatic rings. The second-order valence-electron chi connectivity index (χ2n) is 3.81. The molecular formula is C12H11N5O. The van der Waals surface area contributed by atoms with Gasteiger partial charge in [0.05, 0.1) is 17.6 Å². The number of hydrogen-bond donors (Lipinski definition) is 1. The van der Waals surface area contributed by atoms with Gasteiger partial charge in [0.1, 0.15) is 0 Å². The van der Waals surface area contributed by atoms with Crippen LogP contribution in [0.4, 0.5) is 0 Å². The van der Waals surface area contributed by atoms with Crippen LogP contribution >= 0.6 is 0 Å². The predicted octanol–water partition coefficient (Wildman–Crippen LogP) is 1.40. The zero-order valence-corrected chi connectivity index (χ0v) is 9.79. The van der Waals surface area contributed by atoms with E-state index in [9.17, 15) is 0 Å². The van der Waals surface area contributed by atoms with E-state index in [0.717, 1.165) is 16.6 Å². The molecule has 3 aromatic rings. The highest BCUT2D eigenvalue weighted by atomic mass is 16.5. The van der Waals surface area contributed by atoms with Crippen molar-refractivity contribution in [3.8, 4) is 11.5 Å². The van der Waals surface area contributed by atoms with Gasteiger partial charge in [-0.15, -0.1) is 0 Å². The molecule has 0 aliphatic heterocycles. The largest absolute Gasteiger partial charge is 0.334 e. The van der Waals surface area contributed by atoms with Gasteiger partial charge in [0.25, 0.3) is 5.89 Å². The molecule has 0 saturated carbocycles. The van der Waals surface area contributed by atoms with Gasteiger partial charge in [0, 0.05) is 18.0 Å². The molecule has 0 spiro atoms. The second kappa shape index (κ2) is 4.50. The zero-order valence-electron chi connectivity index (χ0n) is 9.79. The Kier molecular flexibility index (Phi) is 2.70. The summed E-state index contributed by atoms with van der Waals surface area (Å²) in [6, 6.07) is 5.67. The lowest BCUT2D eigenvalue weighted by molar-refractivity contribution is 0.421. The van der Waals surface area contributed by atoms with Gasteiger partial charge in [0.15, 0.2) is 5.82 Å². The first-order valence-electron chi connectivity index (χ1n) is 5.55. The van der Waals surface area contributed by atoms with Crippen molar-refractivity contribution in [1.82, 2.24) is 25.4 Å². The molecule has 0 radical (unpaired) electrons. The molecule has 6 heteroatoms. The molecule has 1 aromatic carbocycles. The van der Waals surface area contributed by atoms with Gasteiger partial charge in [0.2, 0.25) is 0 Å². The molecule has 0 amide bonds. The Bertz CT molecular complexity index is 679. The number of nitrogens with zero attached hydrogens (tertiary/aromatic N) is 4. The summed E-state index contributed by atoms with van der Waals surface area (Å²) in [6.07, 6.45) is 3.33. The number of benzene rings is 1. The van der Waals surface area contributed by atoms with E-state index < -0.39 is 0 Å². The Morgan fingerprint density at radius 3 is 2.83 bits per heavy atom. The average molecular weight is 241 g/mol. The minimum Gasteiger partial charge on any atom is -0.334 e. The fourth-order valence-electron chi connectivity index (χ4n) is 1.70. The van der Waals surface area contributed by atoms with Gasteiger partial charge in [-0.2, -0.15) is 4.98 Å². The summed E-state index contributed by atoms with van der Waals surface area (Å²) in [6.45, 7) is 0.580. The highest BCUT2D eigenvalue weighted by Crippen LogP contribution is 2.20. The van der Waals surface area contributed by atoms with Crippen molar-refractivity contribution in [2.24, 2.45) is 0 Å². The SMILES string of the molecule is CNCc1noc(-c2ccc3nccnc3c2)n1. The Balaban J connectivity index is 2.02. The number of nitrogens with one attached hydrogen (secondary N) is 1. The van der Waals surface area contributed by atoms with Crippen molar-refractivity contribution in [3.05, 3.63) is 36.4 Å². The molecule has 3 rings (SSSR count). The van der Waals surface area contributed by atoms with Crippen molar-refractivity contribution in [3.63, 3.8) is 0 Å². The van der Waals surface area contributed by atoms with Crippen LogP contribution in [0.1, 0.15) is 5.82 Å². The molecule has 0 aliphatic carbocycles. The lowest BCUT2D eigenvalue weighted by atomic mass is 10.2. The van der Waals surface area contributed by atoms with Crippen molar-refractivity contribution >= 4 is 11.0 Å². The lowest BCUT2D eigenvalue weighted by Crippen LogP contribution is -2.06. The van der Waals surface area contributed by atoms with E-state index in [4.69, 9.17) is 4.52 Å². The predicted molar refractivity (Wildman–Crippen MR) is 65.6 cm³/mol. The third-order valence-electron chi connectivity index (χ3n) is 2.52. The molecule has 90 valence electrons. The van der Waals surface area contributed by atoms with E-state index in [1.807, 2.05) is 25.2 Å². The smallest absolute Gasteiger partial charge is 0.258 e. The summed E-state index contributed by atoms with van der Waals surface area (Å²) in [5.74, 6) is 1.12. The molecule has 0 fully saturated rings. The lowest BCUT2D eigenvalue weighted by Gasteiger charge is -1.97. The maximum absolute atomic E-state index is 5.20. The quantitative estimate of drug-likeness (QED) is 0.746. The van der Waals surface area contributed by atoms with Crippen LogP contribution in [0, 0.1) is 0 Å². The van der Waals surface area contributed by atoms with Gasteiger partial charge < -0.3 is 9.84 Å². The molecule has 2 aromatic heterocycles. The average Bonchev–Trinajstić information content (AvgIpc) is 2.87. The van der Waals surface area contributed by atoms with Crippen molar-refractivity contribution in [1.29, 1.82) is 0 Å². The standard InChI is InChI=1S/C12H11N5O/c1-13-7-11-16-12(18-17-11)8-2-3-9-10(6-8)15-5-4-14-9/h2-6,13H,7H2,1H3. The third-order valence-corrected chi connectivity index (χ3v) is 2.52. The molecule has 6 nitrogen and oxygen atoms in total. The van der Waals surface area contributed by atoms with Crippen molar-refractivity contribution < 1.29 is 4.52 Å². The first kappa shape index (κ1) is 10.8. The third kappa shape index (κ3) is 1.93. The van der Waals surface area contributed by atoms with E-state index >= 15 is 0 Å². The number of aromatic nitrogens is 4. The molecule has 0 atom stereocenters. The molecule has 2 heterocycles. The van der Waals surface area contributed by atoms with Crippen molar-refractivity contribution in [2.45, 2.75) is 6.54 Å². The van der Waals surface area contributed by atoms with Crippen LogP contribution in [0.5, 0.6) is 0 Å². The number of rotatable bonds is 3. The molecule has 1 N–H and O–H groups in total. The summed E-state index contributed by atoms with van der Waals surface area (Å²) in [5.41, 5.74) is 2.50. The Labute approximate surface area is 103 Å². The topological polar surface area (TPSA) is 76.7 Å². The Hall–Kier alpha value is -2.34. The van der Waals surface area contributed by atoms with Gasteiger partial charge in [-0.3, -0.25) is 9.97 Å². The van der Waals surface area contributed by atoms with E-state index in [-0.39, 0.29) is 0 Å². The van der Waals surface area contributed by atoms with Crippen LogP contribution in [0.15, 0.2) is 35.1 Å². The normalized spacial score (nSPS) is 10.9. The molecule has 0 unspecified atom stereocenters. The second-order valence-corrected chi connectivity index (χ2v) is 3.81. The highest BCUT2D eigenvalue weighted by Gasteiger charge is 2.09. The fraction of sp³-hybridized carbons (Fsp3) is 0.167.